The van der Waals surface area contributed by atoms with Crippen LogP contribution in [0.1, 0.15) is 15.9 Å². The highest BCUT2D eigenvalue weighted by Crippen LogP contribution is 2.41. The van der Waals surface area contributed by atoms with Crippen LogP contribution in [0.2, 0.25) is 0 Å². The lowest BCUT2D eigenvalue weighted by Crippen LogP contribution is -2.08. The third kappa shape index (κ3) is 2.84. The summed E-state index contributed by atoms with van der Waals surface area (Å²) in [5.74, 6) is -1.36. The van der Waals surface area contributed by atoms with E-state index in [1.54, 1.807) is 0 Å². The van der Waals surface area contributed by atoms with Crippen molar-refractivity contribution in [2.45, 2.75) is 6.18 Å². The number of hydrogen-bond acceptors (Lipinski definition) is 2. The number of rotatable bonds is 3. The molecule has 0 fully saturated rings. The summed E-state index contributed by atoms with van der Waals surface area (Å²) in [6.45, 7) is 0. The van der Waals surface area contributed by atoms with Crippen LogP contribution < -0.4 is 4.74 Å². The molecule has 0 heterocycles. The van der Waals surface area contributed by atoms with Crippen molar-refractivity contribution in [3.05, 3.63) is 53.6 Å². The van der Waals surface area contributed by atoms with Gasteiger partial charge in [0.2, 0.25) is 0 Å². The van der Waals surface area contributed by atoms with E-state index in [0.29, 0.717) is 0 Å². The molecule has 0 radical (unpaired) electrons. The Labute approximate surface area is 118 Å². The van der Waals surface area contributed by atoms with Gasteiger partial charge in [-0.05, 0) is 17.7 Å². The molecule has 0 bridgehead atoms. The topological polar surface area (TPSA) is 46.5 Å². The number of aromatic carboxylic acids is 1. The van der Waals surface area contributed by atoms with Crippen molar-refractivity contribution in [1.29, 1.82) is 0 Å². The van der Waals surface area contributed by atoms with Crippen LogP contribution >= 0.6 is 0 Å². The van der Waals surface area contributed by atoms with Crippen LogP contribution in [0.4, 0.5) is 13.2 Å². The van der Waals surface area contributed by atoms with E-state index in [9.17, 15) is 18.0 Å². The largest absolute Gasteiger partial charge is 0.495 e. The van der Waals surface area contributed by atoms with Gasteiger partial charge in [0.25, 0.3) is 0 Å². The lowest BCUT2D eigenvalue weighted by atomic mass is 9.96. The molecular weight excluding hydrogens is 285 g/mol. The highest BCUT2D eigenvalue weighted by Gasteiger charge is 2.34. The molecule has 0 aliphatic rings. The summed E-state index contributed by atoms with van der Waals surface area (Å²) in [5, 5.41) is 9.10. The number of carboxylic acid groups (broad SMARTS) is 1. The minimum Gasteiger partial charge on any atom is -0.495 e. The Morgan fingerprint density at radius 3 is 2.24 bits per heavy atom. The normalized spacial score (nSPS) is 11.2. The molecule has 0 aliphatic carbocycles. The molecule has 0 aromatic heterocycles. The van der Waals surface area contributed by atoms with Gasteiger partial charge in [-0.2, -0.15) is 13.2 Å². The van der Waals surface area contributed by atoms with Crippen LogP contribution in [0, 0.1) is 0 Å². The van der Waals surface area contributed by atoms with Crippen LogP contribution in [0.3, 0.4) is 0 Å². The number of hydrogen-bond donors (Lipinski definition) is 1. The van der Waals surface area contributed by atoms with E-state index in [4.69, 9.17) is 9.84 Å². The van der Waals surface area contributed by atoms with Crippen molar-refractivity contribution < 1.29 is 27.8 Å². The zero-order chi connectivity index (χ0) is 15.6. The van der Waals surface area contributed by atoms with Crippen LogP contribution in [0.25, 0.3) is 11.1 Å². The second-order valence-corrected chi connectivity index (χ2v) is 4.23. The molecule has 0 spiro atoms. The molecular formula is C15H11F3O3. The first-order chi connectivity index (χ1) is 9.86. The highest BCUT2D eigenvalue weighted by atomic mass is 19.4. The lowest BCUT2D eigenvalue weighted by molar-refractivity contribution is -0.137. The van der Waals surface area contributed by atoms with Gasteiger partial charge in [0.1, 0.15) is 11.3 Å². The minimum atomic E-state index is -4.54. The molecule has 2 aromatic carbocycles. The quantitative estimate of drug-likeness (QED) is 0.928. The maximum absolute atomic E-state index is 13.1. The van der Waals surface area contributed by atoms with Gasteiger partial charge in [-0.15, -0.1) is 0 Å². The van der Waals surface area contributed by atoms with E-state index in [1.165, 1.54) is 43.5 Å². The molecule has 2 aromatic rings. The Kier molecular flexibility index (Phi) is 3.88. The van der Waals surface area contributed by atoms with Crippen molar-refractivity contribution in [2.24, 2.45) is 0 Å². The standard InChI is InChI=1S/C15H11F3O3/c1-21-13-10(6-4-7-11(13)14(19)20)9-5-2-3-8-12(9)15(16,17)18/h2-8H,1H3,(H,19,20). The highest BCUT2D eigenvalue weighted by molar-refractivity contribution is 5.94. The van der Waals surface area contributed by atoms with Crippen LogP contribution in [-0.2, 0) is 6.18 Å². The maximum atomic E-state index is 13.1. The molecule has 6 heteroatoms. The first kappa shape index (κ1) is 14.9. The summed E-state index contributed by atoms with van der Waals surface area (Å²) in [5.41, 5.74) is -1.06. The Balaban J connectivity index is 2.74. The number of methoxy groups -OCH3 is 1. The van der Waals surface area contributed by atoms with Gasteiger partial charge in [0, 0.05) is 5.56 Å². The van der Waals surface area contributed by atoms with Gasteiger partial charge in [-0.1, -0.05) is 30.3 Å². The fraction of sp³-hybridized carbons (Fsp3) is 0.133. The van der Waals surface area contributed by atoms with E-state index in [1.807, 2.05) is 0 Å². The van der Waals surface area contributed by atoms with E-state index < -0.39 is 17.7 Å². The van der Waals surface area contributed by atoms with Crippen LogP contribution in [0.5, 0.6) is 5.75 Å². The molecule has 21 heavy (non-hydrogen) atoms. The SMILES string of the molecule is COc1c(C(=O)O)cccc1-c1ccccc1C(F)(F)F. The number of ether oxygens (including phenoxy) is 1. The number of halogens is 3. The van der Waals surface area contributed by atoms with E-state index in [-0.39, 0.29) is 22.4 Å². The van der Waals surface area contributed by atoms with E-state index >= 15 is 0 Å². The van der Waals surface area contributed by atoms with Crippen molar-refractivity contribution in [3.63, 3.8) is 0 Å². The second-order valence-electron chi connectivity index (χ2n) is 4.23. The average molecular weight is 296 g/mol. The van der Waals surface area contributed by atoms with Gasteiger partial charge in [0.05, 0.1) is 12.7 Å². The Morgan fingerprint density at radius 1 is 1.05 bits per heavy atom. The summed E-state index contributed by atoms with van der Waals surface area (Å²) >= 11 is 0. The summed E-state index contributed by atoms with van der Waals surface area (Å²) in [7, 11) is 1.22. The van der Waals surface area contributed by atoms with Crippen molar-refractivity contribution in [1.82, 2.24) is 0 Å². The molecule has 1 N–H and O–H groups in total. The first-order valence-electron chi connectivity index (χ1n) is 5.93. The summed E-state index contributed by atoms with van der Waals surface area (Å²) in [4.78, 5) is 11.1. The number of alkyl halides is 3. The van der Waals surface area contributed by atoms with E-state index in [2.05, 4.69) is 0 Å². The van der Waals surface area contributed by atoms with E-state index in [0.717, 1.165) is 6.07 Å². The number of carboxylic acids is 1. The fourth-order valence-corrected chi connectivity index (χ4v) is 2.10. The molecule has 0 aliphatic heterocycles. The summed E-state index contributed by atoms with van der Waals surface area (Å²) in [6, 6.07) is 9.02. The molecule has 0 saturated carbocycles. The molecule has 0 saturated heterocycles. The Bertz CT molecular complexity index is 678. The number of para-hydroxylation sites is 1. The average Bonchev–Trinajstić information content (AvgIpc) is 2.45. The van der Waals surface area contributed by atoms with Gasteiger partial charge in [-0.25, -0.2) is 4.79 Å². The second kappa shape index (κ2) is 5.47. The maximum Gasteiger partial charge on any atom is 0.417 e. The Morgan fingerprint density at radius 2 is 1.67 bits per heavy atom. The first-order valence-corrected chi connectivity index (χ1v) is 5.93. The van der Waals surface area contributed by atoms with Gasteiger partial charge >= 0.3 is 12.1 Å². The van der Waals surface area contributed by atoms with Crippen molar-refractivity contribution in [2.75, 3.05) is 7.11 Å². The molecule has 110 valence electrons. The zero-order valence-corrected chi connectivity index (χ0v) is 10.9. The van der Waals surface area contributed by atoms with Gasteiger partial charge in [-0.3, -0.25) is 0 Å². The monoisotopic (exact) mass is 296 g/mol. The third-order valence-electron chi connectivity index (χ3n) is 2.97. The molecule has 2 rings (SSSR count). The molecule has 3 nitrogen and oxygen atoms in total. The third-order valence-corrected chi connectivity index (χ3v) is 2.97. The number of benzene rings is 2. The van der Waals surface area contributed by atoms with Crippen molar-refractivity contribution in [3.8, 4) is 16.9 Å². The summed E-state index contributed by atoms with van der Waals surface area (Å²) in [6.07, 6.45) is -4.54. The van der Waals surface area contributed by atoms with Crippen molar-refractivity contribution >= 4 is 5.97 Å². The molecule has 0 amide bonds. The Hall–Kier alpha value is -2.50. The van der Waals surface area contributed by atoms with Crippen LogP contribution in [-0.4, -0.2) is 18.2 Å². The van der Waals surface area contributed by atoms with Crippen LogP contribution in [0.15, 0.2) is 42.5 Å². The predicted molar refractivity (Wildman–Crippen MR) is 70.4 cm³/mol. The lowest BCUT2D eigenvalue weighted by Gasteiger charge is -2.16. The predicted octanol–water partition coefficient (Wildman–Crippen LogP) is 4.08. The molecule has 0 unspecified atom stereocenters. The van der Waals surface area contributed by atoms with Gasteiger partial charge < -0.3 is 9.84 Å². The smallest absolute Gasteiger partial charge is 0.417 e. The fourth-order valence-electron chi connectivity index (χ4n) is 2.10. The minimum absolute atomic E-state index is 0.0883. The summed E-state index contributed by atoms with van der Waals surface area (Å²) < 4.78 is 44.2. The van der Waals surface area contributed by atoms with Gasteiger partial charge in [0.15, 0.2) is 0 Å². The number of carbonyl (C=O) groups is 1. The molecule has 0 atom stereocenters. The zero-order valence-electron chi connectivity index (χ0n) is 10.9.